The zero-order valence-electron chi connectivity index (χ0n) is 23.6. The van der Waals surface area contributed by atoms with E-state index in [9.17, 15) is 26.8 Å². The minimum atomic E-state index is -3.85. The Balaban J connectivity index is 1.55. The molecule has 218 valence electrons. The van der Waals surface area contributed by atoms with Gasteiger partial charge in [-0.25, -0.2) is 26.0 Å². The molecule has 0 atom stereocenters. The minimum absolute atomic E-state index is 0.00808. The van der Waals surface area contributed by atoms with Crippen LogP contribution in [0, 0.1) is 20.8 Å². The first-order valence-electron chi connectivity index (χ1n) is 13.2. The molecule has 5 aromatic rings. The molecule has 3 aromatic heterocycles. The number of rotatable bonds is 7. The molecule has 12 heteroatoms. The van der Waals surface area contributed by atoms with Crippen molar-refractivity contribution in [1.29, 1.82) is 0 Å². The molecule has 3 heterocycles. The molecule has 0 aliphatic heterocycles. The van der Waals surface area contributed by atoms with Crippen LogP contribution < -0.4 is 11.2 Å². The van der Waals surface area contributed by atoms with Crippen molar-refractivity contribution < 1.29 is 17.2 Å². The van der Waals surface area contributed by atoms with Crippen LogP contribution in [-0.4, -0.2) is 32.1 Å². The molecular formula is C30H29F2N5O4S. The van der Waals surface area contributed by atoms with Gasteiger partial charge in [0.1, 0.15) is 0 Å². The van der Waals surface area contributed by atoms with Crippen LogP contribution in [0.15, 0.2) is 69.2 Å². The van der Waals surface area contributed by atoms with Crippen molar-refractivity contribution in [3.63, 3.8) is 0 Å². The fraction of sp³-hybridized carbons (Fsp3) is 0.267. The zero-order valence-corrected chi connectivity index (χ0v) is 24.5. The average molecular weight is 594 g/mol. The molecule has 0 spiro atoms. The van der Waals surface area contributed by atoms with Crippen LogP contribution in [-0.2, 0) is 16.4 Å². The topological polar surface area (TPSA) is 120 Å². The molecule has 0 unspecified atom stereocenters. The fourth-order valence-electron chi connectivity index (χ4n) is 4.97. The summed E-state index contributed by atoms with van der Waals surface area (Å²) >= 11 is 0. The van der Waals surface area contributed by atoms with Crippen molar-refractivity contribution in [2.75, 3.05) is 0 Å². The Kier molecular flexibility index (Phi) is 7.44. The Bertz CT molecular complexity index is 2040. The molecule has 0 bridgehead atoms. The molecule has 5 rings (SSSR count). The van der Waals surface area contributed by atoms with Crippen LogP contribution in [0.4, 0.5) is 8.78 Å². The number of hydrogen-bond acceptors (Lipinski definition) is 6. The van der Waals surface area contributed by atoms with E-state index in [-0.39, 0.29) is 16.5 Å². The standard InChI is InChI=1S/C30H29F2N5O4S/c1-16(2)24-15-36(42(40,41)22-9-6-17(3)7-10-22)25-11-8-20(33-26(24)25)14-23-18(4)12-21(13-19(23)5)37-30(39)34-29(38)27(35-37)28(31)32/h6-13,15-16,28H,14H2,1-5H3,(H,34,38,39). The lowest BCUT2D eigenvalue weighted by Crippen LogP contribution is -2.34. The Labute approximate surface area is 240 Å². The quantitative estimate of drug-likeness (QED) is 0.281. The highest BCUT2D eigenvalue weighted by Gasteiger charge is 2.24. The van der Waals surface area contributed by atoms with Gasteiger partial charge in [0.25, 0.3) is 22.0 Å². The lowest BCUT2D eigenvalue weighted by atomic mass is 9.97. The highest BCUT2D eigenvalue weighted by Crippen LogP contribution is 2.31. The van der Waals surface area contributed by atoms with Gasteiger partial charge in [0, 0.05) is 18.3 Å². The Morgan fingerprint density at radius 1 is 0.952 bits per heavy atom. The summed E-state index contributed by atoms with van der Waals surface area (Å²) in [7, 11) is -3.85. The van der Waals surface area contributed by atoms with Crippen LogP contribution in [0.1, 0.15) is 65.4 Å². The number of benzene rings is 2. The van der Waals surface area contributed by atoms with E-state index in [4.69, 9.17) is 4.98 Å². The number of nitrogens with zero attached hydrogens (tertiary/aromatic N) is 4. The maximum atomic E-state index is 13.6. The van der Waals surface area contributed by atoms with Gasteiger partial charge in [-0.05, 0) is 85.3 Å². The largest absolute Gasteiger partial charge is 0.349 e. The number of fused-ring (bicyclic) bond motifs is 1. The normalized spacial score (nSPS) is 12.1. The van der Waals surface area contributed by atoms with Crippen LogP contribution in [0.3, 0.4) is 0 Å². The first kappa shape index (κ1) is 29.1. The molecular weight excluding hydrogens is 564 g/mol. The summed E-state index contributed by atoms with van der Waals surface area (Å²) in [4.78, 5) is 31.0. The van der Waals surface area contributed by atoms with Crippen molar-refractivity contribution >= 4 is 21.1 Å². The van der Waals surface area contributed by atoms with E-state index in [1.165, 1.54) is 3.97 Å². The molecule has 0 saturated heterocycles. The van der Waals surface area contributed by atoms with Crippen molar-refractivity contribution in [1.82, 2.24) is 23.7 Å². The monoisotopic (exact) mass is 593 g/mol. The number of aromatic nitrogens is 5. The van der Waals surface area contributed by atoms with Crippen LogP contribution in [0.25, 0.3) is 16.7 Å². The third-order valence-corrected chi connectivity index (χ3v) is 8.93. The van der Waals surface area contributed by atoms with E-state index >= 15 is 0 Å². The van der Waals surface area contributed by atoms with Crippen LogP contribution in [0.2, 0.25) is 0 Å². The van der Waals surface area contributed by atoms with E-state index in [1.54, 1.807) is 54.7 Å². The second kappa shape index (κ2) is 10.8. The lowest BCUT2D eigenvalue weighted by Gasteiger charge is -2.14. The Morgan fingerprint density at radius 3 is 2.19 bits per heavy atom. The van der Waals surface area contributed by atoms with E-state index < -0.39 is 33.4 Å². The maximum Gasteiger partial charge on any atom is 0.349 e. The Morgan fingerprint density at radius 2 is 1.60 bits per heavy atom. The number of aryl methyl sites for hydroxylation is 3. The number of alkyl halides is 2. The smallest absolute Gasteiger partial charge is 0.271 e. The maximum absolute atomic E-state index is 13.6. The zero-order chi connectivity index (χ0) is 30.5. The van der Waals surface area contributed by atoms with E-state index in [1.807, 2.05) is 39.6 Å². The van der Waals surface area contributed by atoms with Gasteiger partial charge in [-0.15, -0.1) is 0 Å². The number of aromatic amines is 1. The summed E-state index contributed by atoms with van der Waals surface area (Å²) in [6.07, 6.45) is -1.10. The van der Waals surface area contributed by atoms with Gasteiger partial charge in [-0.2, -0.15) is 9.78 Å². The number of hydrogen-bond donors (Lipinski definition) is 1. The van der Waals surface area contributed by atoms with Crippen molar-refractivity contribution in [3.8, 4) is 5.69 Å². The van der Waals surface area contributed by atoms with Gasteiger partial charge >= 0.3 is 5.69 Å². The number of nitrogens with one attached hydrogen (secondary N) is 1. The highest BCUT2D eigenvalue weighted by molar-refractivity contribution is 7.90. The van der Waals surface area contributed by atoms with Gasteiger partial charge in [0.15, 0.2) is 5.69 Å². The second-order valence-electron chi connectivity index (χ2n) is 10.6. The summed E-state index contributed by atoms with van der Waals surface area (Å²) in [6, 6.07) is 13.5. The second-order valence-corrected chi connectivity index (χ2v) is 12.4. The number of H-pyrrole nitrogens is 1. The molecule has 0 saturated carbocycles. The van der Waals surface area contributed by atoms with Crippen LogP contribution in [0.5, 0.6) is 0 Å². The first-order chi connectivity index (χ1) is 19.8. The van der Waals surface area contributed by atoms with Crippen molar-refractivity contribution in [2.24, 2.45) is 0 Å². The van der Waals surface area contributed by atoms with E-state index in [0.717, 1.165) is 32.5 Å². The third kappa shape index (κ3) is 5.18. The molecule has 0 aliphatic carbocycles. The fourth-order valence-corrected chi connectivity index (χ4v) is 6.33. The third-order valence-electron chi connectivity index (χ3n) is 7.24. The van der Waals surface area contributed by atoms with Gasteiger partial charge in [0.05, 0.1) is 21.6 Å². The predicted octanol–water partition coefficient (Wildman–Crippen LogP) is 5.08. The molecule has 0 aliphatic rings. The van der Waals surface area contributed by atoms with Crippen molar-refractivity contribution in [2.45, 2.75) is 58.3 Å². The van der Waals surface area contributed by atoms with Gasteiger partial charge in [-0.3, -0.25) is 14.8 Å². The van der Waals surface area contributed by atoms with E-state index in [2.05, 4.69) is 5.10 Å². The first-order valence-corrected chi connectivity index (χ1v) is 14.7. The van der Waals surface area contributed by atoms with E-state index in [0.29, 0.717) is 23.1 Å². The number of pyridine rings is 1. The predicted molar refractivity (Wildman–Crippen MR) is 155 cm³/mol. The lowest BCUT2D eigenvalue weighted by molar-refractivity contribution is 0.141. The van der Waals surface area contributed by atoms with Crippen LogP contribution >= 0.6 is 0 Å². The molecule has 0 fully saturated rings. The summed E-state index contributed by atoms with van der Waals surface area (Å²) < 4.78 is 55.6. The Hall–Kier alpha value is -4.45. The molecule has 0 amide bonds. The summed E-state index contributed by atoms with van der Waals surface area (Å²) in [6.45, 7) is 9.49. The van der Waals surface area contributed by atoms with Gasteiger partial charge in [-0.1, -0.05) is 31.5 Å². The molecule has 2 aromatic carbocycles. The SMILES string of the molecule is Cc1ccc(S(=O)(=O)n2cc(C(C)C)c3nc(Cc4c(C)cc(-n5nc(C(F)F)c(=O)[nH]c5=O)cc4C)ccc32)cc1. The molecule has 9 nitrogen and oxygen atoms in total. The number of halogens is 2. The van der Waals surface area contributed by atoms with Crippen molar-refractivity contribution in [3.05, 3.63) is 115 Å². The average Bonchev–Trinajstić information content (AvgIpc) is 3.31. The summed E-state index contributed by atoms with van der Waals surface area (Å²) in [5.41, 5.74) is 2.99. The summed E-state index contributed by atoms with van der Waals surface area (Å²) in [5, 5.41) is 3.59. The minimum Gasteiger partial charge on any atom is -0.271 e. The highest BCUT2D eigenvalue weighted by atomic mass is 32.2. The van der Waals surface area contributed by atoms with Gasteiger partial charge < -0.3 is 0 Å². The summed E-state index contributed by atoms with van der Waals surface area (Å²) in [5.74, 6) is 0.00808. The van der Waals surface area contributed by atoms with Gasteiger partial charge in [0.2, 0.25) is 0 Å². The molecule has 1 N–H and O–H groups in total. The molecule has 42 heavy (non-hydrogen) atoms. The molecule has 0 radical (unpaired) electrons.